The predicted octanol–water partition coefficient (Wildman–Crippen LogP) is 4.44. The largest absolute Gasteiger partial charge is 0.468 e. The van der Waals surface area contributed by atoms with Crippen molar-refractivity contribution in [3.05, 3.63) is 59.7 Å². The van der Waals surface area contributed by atoms with E-state index in [1.54, 1.807) is 38.5 Å². The van der Waals surface area contributed by atoms with Crippen molar-refractivity contribution in [1.29, 1.82) is 5.26 Å². The van der Waals surface area contributed by atoms with Crippen LogP contribution in [-0.4, -0.2) is 60.9 Å². The second-order valence-corrected chi connectivity index (χ2v) is 7.16. The van der Waals surface area contributed by atoms with E-state index in [0.717, 1.165) is 11.1 Å². The van der Waals surface area contributed by atoms with E-state index < -0.39 is 12.6 Å². The maximum Gasteiger partial charge on any atom is 0.189 e. The zero-order valence-corrected chi connectivity index (χ0v) is 19.2. The molecule has 2 aromatic rings. The summed E-state index contributed by atoms with van der Waals surface area (Å²) in [5.74, 6) is 0.468. The summed E-state index contributed by atoms with van der Waals surface area (Å²) in [6.45, 7) is 1.59. The van der Waals surface area contributed by atoms with Gasteiger partial charge in [0, 0.05) is 20.1 Å². The molecular weight excluding hydrogens is 428 g/mol. The van der Waals surface area contributed by atoms with Crippen molar-refractivity contribution in [2.24, 2.45) is 0 Å². The smallest absolute Gasteiger partial charge is 0.189 e. The zero-order chi connectivity index (χ0) is 23.7. The summed E-state index contributed by atoms with van der Waals surface area (Å²) in [6, 6.07) is 16.9. The van der Waals surface area contributed by atoms with E-state index >= 15 is 0 Å². The van der Waals surface area contributed by atoms with E-state index in [1.807, 2.05) is 24.3 Å². The monoisotopic (exact) mass is 460 g/mol. The van der Waals surface area contributed by atoms with Crippen LogP contribution in [0.1, 0.15) is 29.4 Å². The lowest BCUT2D eigenvalue weighted by atomic mass is 9.80. The van der Waals surface area contributed by atoms with E-state index in [1.165, 1.54) is 0 Å². The lowest BCUT2D eigenvalue weighted by Gasteiger charge is -2.22. The van der Waals surface area contributed by atoms with Crippen LogP contribution in [0, 0.1) is 11.3 Å². The Morgan fingerprint density at radius 3 is 1.67 bits per heavy atom. The third kappa shape index (κ3) is 9.36. The molecule has 33 heavy (non-hydrogen) atoms. The molecule has 0 aliphatic heterocycles. The first-order valence-corrected chi connectivity index (χ1v) is 10.8. The molecule has 0 heterocycles. The first kappa shape index (κ1) is 26.6. The van der Waals surface area contributed by atoms with Crippen LogP contribution in [0.3, 0.4) is 0 Å². The van der Waals surface area contributed by atoms with Gasteiger partial charge in [-0.2, -0.15) is 5.26 Å². The van der Waals surface area contributed by atoms with Crippen LogP contribution in [0.15, 0.2) is 48.5 Å². The highest BCUT2D eigenvalue weighted by atomic mass is 18.2. The van der Waals surface area contributed by atoms with Gasteiger partial charge in [0.05, 0.1) is 45.1 Å². The van der Waals surface area contributed by atoms with Gasteiger partial charge in [-0.1, -0.05) is 24.3 Å². The summed E-state index contributed by atoms with van der Waals surface area (Å²) in [6.07, 6.45) is 0.240. The predicted molar refractivity (Wildman–Crippen MR) is 121 cm³/mol. The van der Waals surface area contributed by atoms with Crippen molar-refractivity contribution in [1.82, 2.24) is 0 Å². The maximum absolute atomic E-state index is 13.4. The first-order chi connectivity index (χ1) is 16.2. The zero-order valence-electron chi connectivity index (χ0n) is 19.2. The van der Waals surface area contributed by atoms with Gasteiger partial charge in [0.2, 0.25) is 0 Å². The molecule has 0 amide bonds. The van der Waals surface area contributed by atoms with Crippen molar-refractivity contribution < 1.29 is 32.8 Å². The van der Waals surface area contributed by atoms with Gasteiger partial charge in [-0.3, -0.25) is 4.39 Å². The number of hydrogen-bond acceptors (Lipinski definition) is 7. The number of alkyl halides is 1. The molecule has 0 saturated carbocycles. The van der Waals surface area contributed by atoms with E-state index in [0.29, 0.717) is 37.9 Å². The van der Waals surface area contributed by atoms with Crippen LogP contribution in [0.4, 0.5) is 4.39 Å². The van der Waals surface area contributed by atoms with Crippen LogP contribution in [-0.2, 0) is 18.9 Å². The Kier molecular flexibility index (Phi) is 12.9. The Labute approximate surface area is 194 Å². The molecule has 0 spiro atoms. The number of ether oxygens (including phenoxy) is 6. The molecule has 8 heteroatoms. The fourth-order valence-corrected chi connectivity index (χ4v) is 3.24. The van der Waals surface area contributed by atoms with Crippen molar-refractivity contribution >= 4 is 0 Å². The molecule has 0 aliphatic rings. The molecule has 0 aliphatic carbocycles. The topological polar surface area (TPSA) is 79.2 Å². The standard InChI is InChI=1S/C25H32FNO6/c1-28-13-15-30-18-32-22-7-3-20(4-8-22)24(11-12-26)25(17-27)21-5-9-23(10-6-21)33-19-31-16-14-29-2/h3-10,24-25H,11-16,18-19H2,1-2H3/t24-,25+/m0/s1/i26-1. The number of methoxy groups -OCH3 is 2. The molecule has 2 rings (SSSR count). The van der Waals surface area contributed by atoms with E-state index in [4.69, 9.17) is 28.4 Å². The Hall–Kier alpha value is -2.70. The number of rotatable bonds is 17. The quantitative estimate of drug-likeness (QED) is 0.255. The van der Waals surface area contributed by atoms with Crippen LogP contribution in [0.5, 0.6) is 11.5 Å². The SMILES string of the molecule is COCCOCOc1ccc([C@@H](C#N)[C@@H](CC[18F])c2ccc(OCOCCOC)cc2)cc1. The Balaban J connectivity index is 2.00. The van der Waals surface area contributed by atoms with E-state index in [2.05, 4.69) is 6.07 Å². The summed E-state index contributed by atoms with van der Waals surface area (Å²) < 4.78 is 44.9. The highest BCUT2D eigenvalue weighted by Crippen LogP contribution is 2.36. The second-order valence-electron chi connectivity index (χ2n) is 7.16. The van der Waals surface area contributed by atoms with Crippen molar-refractivity contribution in [3.8, 4) is 17.6 Å². The molecule has 0 unspecified atom stereocenters. The molecule has 0 bridgehead atoms. The van der Waals surface area contributed by atoms with Crippen LogP contribution in [0.2, 0.25) is 0 Å². The van der Waals surface area contributed by atoms with Gasteiger partial charge in [0.15, 0.2) is 13.6 Å². The number of halogens is 1. The Morgan fingerprint density at radius 1 is 0.758 bits per heavy atom. The number of benzene rings is 2. The van der Waals surface area contributed by atoms with E-state index in [9.17, 15) is 9.65 Å². The molecule has 0 saturated heterocycles. The van der Waals surface area contributed by atoms with Gasteiger partial charge in [-0.05, 0) is 41.8 Å². The minimum Gasteiger partial charge on any atom is -0.468 e. The van der Waals surface area contributed by atoms with Crippen LogP contribution in [0.25, 0.3) is 0 Å². The third-order valence-corrected chi connectivity index (χ3v) is 4.99. The summed E-state index contributed by atoms with van der Waals surface area (Å²) in [7, 11) is 3.21. The lowest BCUT2D eigenvalue weighted by Crippen LogP contribution is -2.12. The first-order valence-electron chi connectivity index (χ1n) is 10.8. The fourth-order valence-electron chi connectivity index (χ4n) is 3.24. The van der Waals surface area contributed by atoms with Crippen molar-refractivity contribution in [2.75, 3.05) is 60.9 Å². The van der Waals surface area contributed by atoms with Crippen LogP contribution >= 0.6 is 0 Å². The molecule has 2 aromatic carbocycles. The summed E-state index contributed by atoms with van der Waals surface area (Å²) in [4.78, 5) is 0. The Morgan fingerprint density at radius 2 is 1.24 bits per heavy atom. The molecule has 0 fully saturated rings. The highest BCUT2D eigenvalue weighted by molar-refractivity contribution is 5.38. The summed E-state index contributed by atoms with van der Waals surface area (Å²) in [5, 5.41) is 9.89. The van der Waals surface area contributed by atoms with Crippen molar-refractivity contribution in [2.45, 2.75) is 18.3 Å². The average Bonchev–Trinajstić information content (AvgIpc) is 2.85. The van der Waals surface area contributed by atoms with Gasteiger partial charge < -0.3 is 28.4 Å². The maximum atomic E-state index is 13.4. The number of nitriles is 1. The van der Waals surface area contributed by atoms with Gasteiger partial charge >= 0.3 is 0 Å². The van der Waals surface area contributed by atoms with Crippen LogP contribution < -0.4 is 9.47 Å². The molecule has 0 aromatic heterocycles. The lowest BCUT2D eigenvalue weighted by molar-refractivity contribution is -0.00858. The normalized spacial score (nSPS) is 12.7. The average molecular weight is 461 g/mol. The highest BCUT2D eigenvalue weighted by Gasteiger charge is 2.25. The number of nitrogens with zero attached hydrogens (tertiary/aromatic N) is 1. The number of hydrogen-bond donors (Lipinski definition) is 0. The fraction of sp³-hybridized carbons (Fsp3) is 0.480. The molecule has 2 atom stereocenters. The molecule has 7 nitrogen and oxygen atoms in total. The Bertz CT molecular complexity index is 809. The second kappa shape index (κ2) is 16.0. The van der Waals surface area contributed by atoms with E-state index in [-0.39, 0.29) is 25.9 Å². The molecule has 0 radical (unpaired) electrons. The van der Waals surface area contributed by atoms with Gasteiger partial charge in [0.1, 0.15) is 11.5 Å². The van der Waals surface area contributed by atoms with Gasteiger partial charge in [-0.15, -0.1) is 0 Å². The minimum atomic E-state index is -0.519. The third-order valence-electron chi connectivity index (χ3n) is 4.99. The minimum absolute atomic E-state index is 0.112. The summed E-state index contributed by atoms with van der Waals surface area (Å²) in [5.41, 5.74) is 1.68. The van der Waals surface area contributed by atoms with Gasteiger partial charge in [-0.25, -0.2) is 0 Å². The molecule has 180 valence electrons. The van der Waals surface area contributed by atoms with Gasteiger partial charge in [0.25, 0.3) is 0 Å². The molecule has 0 N–H and O–H groups in total. The summed E-state index contributed by atoms with van der Waals surface area (Å²) >= 11 is 0. The molecular formula is C25H32FNO6. The van der Waals surface area contributed by atoms with Crippen molar-refractivity contribution in [3.63, 3.8) is 0 Å².